The standard InChI is InChI=1S/C32H52O4/c1-19(2)21-11-16-32(27(34)35)18-17-30(7)22(26(21)32)9-10-24-29(6)14-13-25(36-20(3)33)28(4,5)23(29)12-15-31(24,30)8/h19,21-26H,9-18H2,1-8H3,(H,34,35)/t21-,22?,23?,24?,25+,26?,29-,30+,31+,32-/m0/s1. The number of hydrogen-bond acceptors (Lipinski definition) is 3. The molecule has 5 rings (SSSR count). The number of rotatable bonds is 3. The first kappa shape index (κ1) is 26.5. The third-order valence-electron chi connectivity index (χ3n) is 14.0. The van der Waals surface area contributed by atoms with Gasteiger partial charge >= 0.3 is 11.9 Å². The maximum absolute atomic E-state index is 12.8. The van der Waals surface area contributed by atoms with Gasteiger partial charge in [0.25, 0.3) is 0 Å². The van der Waals surface area contributed by atoms with E-state index in [2.05, 4.69) is 48.5 Å². The predicted molar refractivity (Wildman–Crippen MR) is 142 cm³/mol. The van der Waals surface area contributed by atoms with Crippen molar-refractivity contribution >= 4 is 11.9 Å². The Morgan fingerprint density at radius 2 is 1.50 bits per heavy atom. The molecule has 5 aliphatic carbocycles. The lowest BCUT2D eigenvalue weighted by molar-refractivity contribution is -0.251. The second-order valence-corrected chi connectivity index (χ2v) is 15.6. The molecule has 0 heterocycles. The molecule has 5 saturated carbocycles. The van der Waals surface area contributed by atoms with Gasteiger partial charge in [-0.25, -0.2) is 0 Å². The highest BCUT2D eigenvalue weighted by Gasteiger charge is 2.72. The summed E-state index contributed by atoms with van der Waals surface area (Å²) in [5.74, 6) is 2.48. The largest absolute Gasteiger partial charge is 0.481 e. The molecule has 0 aromatic heterocycles. The summed E-state index contributed by atoms with van der Waals surface area (Å²) < 4.78 is 5.89. The second-order valence-electron chi connectivity index (χ2n) is 15.6. The molecule has 0 aromatic rings. The van der Waals surface area contributed by atoms with Crippen LogP contribution in [0.4, 0.5) is 0 Å². The van der Waals surface area contributed by atoms with E-state index in [9.17, 15) is 14.7 Å². The highest BCUT2D eigenvalue weighted by molar-refractivity contribution is 5.76. The van der Waals surface area contributed by atoms with Crippen LogP contribution in [0.15, 0.2) is 0 Å². The van der Waals surface area contributed by atoms with Crippen molar-refractivity contribution < 1.29 is 19.4 Å². The van der Waals surface area contributed by atoms with Crippen LogP contribution < -0.4 is 0 Å². The molecule has 5 aliphatic rings. The van der Waals surface area contributed by atoms with Gasteiger partial charge in [-0.05, 0) is 116 Å². The number of carbonyl (C=O) groups is 2. The molecular weight excluding hydrogens is 448 g/mol. The summed E-state index contributed by atoms with van der Waals surface area (Å²) in [6.07, 6.45) is 10.9. The van der Waals surface area contributed by atoms with Gasteiger partial charge < -0.3 is 9.84 Å². The zero-order chi connectivity index (χ0) is 26.5. The number of carbonyl (C=O) groups excluding carboxylic acids is 1. The summed E-state index contributed by atoms with van der Waals surface area (Å²) >= 11 is 0. The Kier molecular flexibility index (Phi) is 6.06. The molecule has 0 aliphatic heterocycles. The minimum absolute atomic E-state index is 0.0144. The number of aliphatic carboxylic acids is 1. The van der Waals surface area contributed by atoms with Crippen molar-refractivity contribution in [2.45, 2.75) is 126 Å². The van der Waals surface area contributed by atoms with Gasteiger partial charge in [0.2, 0.25) is 0 Å². The van der Waals surface area contributed by atoms with Gasteiger partial charge in [-0.2, -0.15) is 0 Å². The van der Waals surface area contributed by atoms with Crippen LogP contribution in [0.5, 0.6) is 0 Å². The minimum atomic E-state index is -0.508. The van der Waals surface area contributed by atoms with Gasteiger partial charge in [0.1, 0.15) is 6.10 Å². The molecule has 4 nitrogen and oxygen atoms in total. The van der Waals surface area contributed by atoms with Crippen molar-refractivity contribution in [3.05, 3.63) is 0 Å². The van der Waals surface area contributed by atoms with Gasteiger partial charge in [0.05, 0.1) is 5.41 Å². The molecule has 1 N–H and O–H groups in total. The van der Waals surface area contributed by atoms with Crippen LogP contribution in [0.2, 0.25) is 0 Å². The average molecular weight is 501 g/mol. The van der Waals surface area contributed by atoms with Crippen molar-refractivity contribution in [1.82, 2.24) is 0 Å². The van der Waals surface area contributed by atoms with Crippen LogP contribution in [-0.2, 0) is 14.3 Å². The van der Waals surface area contributed by atoms with Gasteiger partial charge in [-0.3, -0.25) is 9.59 Å². The van der Waals surface area contributed by atoms with Gasteiger partial charge in [-0.1, -0.05) is 48.5 Å². The van der Waals surface area contributed by atoms with Gasteiger partial charge in [0.15, 0.2) is 0 Å². The van der Waals surface area contributed by atoms with Crippen molar-refractivity contribution in [3.8, 4) is 0 Å². The van der Waals surface area contributed by atoms with Crippen LogP contribution in [0.1, 0.15) is 120 Å². The molecule has 0 radical (unpaired) electrons. The zero-order valence-electron chi connectivity index (χ0n) is 24.3. The Balaban J connectivity index is 1.52. The number of carboxylic acids is 1. The first-order chi connectivity index (χ1) is 16.6. The third kappa shape index (κ3) is 3.23. The van der Waals surface area contributed by atoms with E-state index in [-0.39, 0.29) is 33.7 Å². The smallest absolute Gasteiger partial charge is 0.309 e. The summed E-state index contributed by atoms with van der Waals surface area (Å²) in [7, 11) is 0. The molecule has 0 amide bonds. The van der Waals surface area contributed by atoms with Crippen LogP contribution in [-0.4, -0.2) is 23.1 Å². The Morgan fingerprint density at radius 3 is 2.11 bits per heavy atom. The molecule has 10 atom stereocenters. The minimum Gasteiger partial charge on any atom is -0.481 e. The molecule has 5 fully saturated rings. The Morgan fingerprint density at radius 1 is 0.806 bits per heavy atom. The maximum Gasteiger partial charge on any atom is 0.309 e. The number of ether oxygens (including phenoxy) is 1. The molecule has 36 heavy (non-hydrogen) atoms. The predicted octanol–water partition coefficient (Wildman–Crippen LogP) is 7.74. The zero-order valence-corrected chi connectivity index (χ0v) is 24.3. The second kappa shape index (κ2) is 8.22. The summed E-state index contributed by atoms with van der Waals surface area (Å²) in [6.45, 7) is 18.7. The fourth-order valence-corrected chi connectivity index (χ4v) is 12.1. The third-order valence-corrected chi connectivity index (χ3v) is 14.0. The summed E-state index contributed by atoms with van der Waals surface area (Å²) in [4.78, 5) is 24.7. The first-order valence-corrected chi connectivity index (χ1v) is 15.1. The van der Waals surface area contributed by atoms with E-state index in [0.29, 0.717) is 35.5 Å². The van der Waals surface area contributed by atoms with Crippen LogP contribution in [0.3, 0.4) is 0 Å². The Bertz CT molecular complexity index is 923. The fourth-order valence-electron chi connectivity index (χ4n) is 12.1. The average Bonchev–Trinajstić information content (AvgIpc) is 3.17. The fraction of sp³-hybridized carbons (Fsp3) is 0.938. The molecule has 0 spiro atoms. The topological polar surface area (TPSA) is 63.6 Å². The van der Waals surface area contributed by atoms with E-state index in [4.69, 9.17) is 4.74 Å². The molecule has 4 unspecified atom stereocenters. The SMILES string of the molecule is CC(=O)O[C@@H]1CC[C@@]2(C)C(CC[C@]3(C)C2CCC2C4[C@H](C(C)C)CC[C@]4(C(=O)O)CC[C@]23C)C1(C)C. The molecular formula is C32H52O4. The number of esters is 1. The van der Waals surface area contributed by atoms with Crippen LogP contribution in [0.25, 0.3) is 0 Å². The van der Waals surface area contributed by atoms with Crippen LogP contribution in [0, 0.1) is 62.6 Å². The summed E-state index contributed by atoms with van der Waals surface area (Å²) in [5.41, 5.74) is 0.169. The van der Waals surface area contributed by atoms with E-state index < -0.39 is 11.4 Å². The highest BCUT2D eigenvalue weighted by atomic mass is 16.5. The lowest BCUT2D eigenvalue weighted by atomic mass is 9.32. The highest BCUT2D eigenvalue weighted by Crippen LogP contribution is 2.77. The molecule has 4 heteroatoms. The van der Waals surface area contributed by atoms with E-state index in [1.165, 1.54) is 25.7 Å². The molecule has 0 bridgehead atoms. The number of carboxylic acid groups (broad SMARTS) is 1. The number of hydrogen-bond donors (Lipinski definition) is 1. The van der Waals surface area contributed by atoms with Crippen LogP contribution >= 0.6 is 0 Å². The molecule has 204 valence electrons. The van der Waals surface area contributed by atoms with Gasteiger partial charge in [-0.15, -0.1) is 0 Å². The normalized spacial score (nSPS) is 51.5. The Labute approximate surface area is 219 Å². The van der Waals surface area contributed by atoms with E-state index >= 15 is 0 Å². The van der Waals surface area contributed by atoms with Crippen molar-refractivity contribution in [3.63, 3.8) is 0 Å². The van der Waals surface area contributed by atoms with Crippen molar-refractivity contribution in [1.29, 1.82) is 0 Å². The monoisotopic (exact) mass is 500 g/mol. The van der Waals surface area contributed by atoms with Crippen molar-refractivity contribution in [2.75, 3.05) is 0 Å². The van der Waals surface area contributed by atoms with Gasteiger partial charge in [0, 0.05) is 12.3 Å². The molecule has 0 saturated heterocycles. The first-order valence-electron chi connectivity index (χ1n) is 15.1. The van der Waals surface area contributed by atoms with Crippen molar-refractivity contribution in [2.24, 2.45) is 62.6 Å². The molecule has 0 aromatic carbocycles. The lowest BCUT2D eigenvalue weighted by Gasteiger charge is -2.72. The van der Waals surface area contributed by atoms with E-state index in [0.717, 1.165) is 38.5 Å². The summed E-state index contributed by atoms with van der Waals surface area (Å²) in [5, 5.41) is 10.6. The summed E-state index contributed by atoms with van der Waals surface area (Å²) in [6, 6.07) is 0. The maximum atomic E-state index is 12.8. The quantitative estimate of drug-likeness (QED) is 0.403. The number of fused-ring (bicyclic) bond motifs is 7. The van der Waals surface area contributed by atoms with E-state index in [1.807, 2.05) is 0 Å². The van der Waals surface area contributed by atoms with E-state index in [1.54, 1.807) is 6.92 Å². The Hall–Kier alpha value is -1.06. The lowest BCUT2D eigenvalue weighted by Crippen LogP contribution is -2.67.